The molecule has 0 aliphatic rings. The molecule has 1 aromatic heterocycles. The average molecular weight is 239 g/mol. The minimum Gasteiger partial charge on any atom is -0.370 e. The Bertz CT molecular complexity index is 337. The van der Waals surface area contributed by atoms with Crippen molar-refractivity contribution >= 4 is 5.82 Å². The standard InChI is InChI=1S/C13H22FN3/c1-4-10(5-2)7-16-13-11(8-15-3)6-12(14)9-17-13/h6,9-10,15H,4-5,7-8H2,1-3H3,(H,16,17). The van der Waals surface area contributed by atoms with Gasteiger partial charge in [-0.25, -0.2) is 9.37 Å². The molecular formula is C13H22FN3. The van der Waals surface area contributed by atoms with Crippen molar-refractivity contribution in [1.82, 2.24) is 10.3 Å². The number of hydrogen-bond donors (Lipinski definition) is 2. The lowest BCUT2D eigenvalue weighted by Gasteiger charge is -2.16. The Balaban J connectivity index is 2.68. The van der Waals surface area contributed by atoms with E-state index < -0.39 is 0 Å². The number of nitrogens with zero attached hydrogens (tertiary/aromatic N) is 1. The van der Waals surface area contributed by atoms with Crippen LogP contribution in [0.2, 0.25) is 0 Å². The minimum absolute atomic E-state index is 0.289. The van der Waals surface area contributed by atoms with E-state index in [4.69, 9.17) is 0 Å². The summed E-state index contributed by atoms with van der Waals surface area (Å²) in [5, 5.41) is 6.33. The monoisotopic (exact) mass is 239 g/mol. The Kier molecular flexibility index (Phi) is 5.91. The quantitative estimate of drug-likeness (QED) is 0.768. The highest BCUT2D eigenvalue weighted by Gasteiger charge is 2.07. The van der Waals surface area contributed by atoms with Crippen LogP contribution in [0.5, 0.6) is 0 Å². The fourth-order valence-electron chi connectivity index (χ4n) is 1.78. The van der Waals surface area contributed by atoms with E-state index in [-0.39, 0.29) is 5.82 Å². The number of pyridine rings is 1. The van der Waals surface area contributed by atoms with Gasteiger partial charge in [-0.05, 0) is 19.0 Å². The van der Waals surface area contributed by atoms with Crippen LogP contribution in [0, 0.1) is 11.7 Å². The molecule has 1 heterocycles. The van der Waals surface area contributed by atoms with E-state index in [1.165, 1.54) is 12.3 Å². The van der Waals surface area contributed by atoms with Gasteiger partial charge in [0.2, 0.25) is 0 Å². The molecule has 0 amide bonds. The minimum atomic E-state index is -0.289. The molecule has 0 saturated heterocycles. The molecular weight excluding hydrogens is 217 g/mol. The van der Waals surface area contributed by atoms with Crippen molar-refractivity contribution in [2.75, 3.05) is 18.9 Å². The van der Waals surface area contributed by atoms with Crippen molar-refractivity contribution in [2.24, 2.45) is 5.92 Å². The van der Waals surface area contributed by atoms with Gasteiger partial charge in [0, 0.05) is 18.7 Å². The SMILES string of the molecule is CCC(CC)CNc1ncc(F)cc1CNC. The van der Waals surface area contributed by atoms with Crippen LogP contribution >= 0.6 is 0 Å². The van der Waals surface area contributed by atoms with Crippen LogP contribution < -0.4 is 10.6 Å². The Morgan fingerprint density at radius 2 is 2.06 bits per heavy atom. The molecule has 1 aromatic rings. The summed E-state index contributed by atoms with van der Waals surface area (Å²) in [4.78, 5) is 4.11. The summed E-state index contributed by atoms with van der Waals surface area (Å²) in [6.45, 7) is 5.88. The maximum absolute atomic E-state index is 13.1. The third-order valence-electron chi connectivity index (χ3n) is 3.01. The summed E-state index contributed by atoms with van der Waals surface area (Å²) in [6, 6.07) is 1.53. The summed E-state index contributed by atoms with van der Waals surface area (Å²) < 4.78 is 13.1. The normalized spacial score (nSPS) is 10.9. The zero-order valence-corrected chi connectivity index (χ0v) is 10.9. The molecule has 0 atom stereocenters. The number of halogens is 1. The second-order valence-corrected chi connectivity index (χ2v) is 4.26. The molecule has 0 radical (unpaired) electrons. The number of hydrogen-bond acceptors (Lipinski definition) is 3. The van der Waals surface area contributed by atoms with Gasteiger partial charge >= 0.3 is 0 Å². The Labute approximate surface area is 103 Å². The maximum Gasteiger partial charge on any atom is 0.141 e. The molecule has 2 N–H and O–H groups in total. The van der Waals surface area contributed by atoms with Crippen LogP contribution in [0.3, 0.4) is 0 Å². The lowest BCUT2D eigenvalue weighted by molar-refractivity contribution is 0.518. The molecule has 0 aromatic carbocycles. The van der Waals surface area contributed by atoms with Crippen LogP contribution in [0.25, 0.3) is 0 Å². The predicted molar refractivity (Wildman–Crippen MR) is 69.5 cm³/mol. The smallest absolute Gasteiger partial charge is 0.141 e. The van der Waals surface area contributed by atoms with Crippen molar-refractivity contribution in [3.05, 3.63) is 23.6 Å². The first-order valence-electron chi connectivity index (χ1n) is 6.24. The zero-order valence-electron chi connectivity index (χ0n) is 10.9. The lowest BCUT2D eigenvalue weighted by Crippen LogP contribution is -2.16. The van der Waals surface area contributed by atoms with Gasteiger partial charge in [-0.15, -0.1) is 0 Å². The number of aromatic nitrogens is 1. The molecule has 3 nitrogen and oxygen atoms in total. The number of anilines is 1. The van der Waals surface area contributed by atoms with Crippen molar-refractivity contribution in [2.45, 2.75) is 33.2 Å². The molecule has 0 bridgehead atoms. The van der Waals surface area contributed by atoms with Crippen molar-refractivity contribution in [3.8, 4) is 0 Å². The number of rotatable bonds is 7. The third-order valence-corrected chi connectivity index (χ3v) is 3.01. The Hall–Kier alpha value is -1.16. The van der Waals surface area contributed by atoms with E-state index in [9.17, 15) is 4.39 Å². The Morgan fingerprint density at radius 3 is 2.65 bits per heavy atom. The van der Waals surface area contributed by atoms with Gasteiger partial charge in [0.1, 0.15) is 11.6 Å². The molecule has 4 heteroatoms. The fraction of sp³-hybridized carbons (Fsp3) is 0.615. The van der Waals surface area contributed by atoms with Gasteiger partial charge in [-0.2, -0.15) is 0 Å². The van der Waals surface area contributed by atoms with Crippen LogP contribution in [-0.2, 0) is 6.54 Å². The fourth-order valence-corrected chi connectivity index (χ4v) is 1.78. The summed E-state index contributed by atoms with van der Waals surface area (Å²) in [5.74, 6) is 1.14. The first-order valence-corrected chi connectivity index (χ1v) is 6.24. The van der Waals surface area contributed by atoms with Gasteiger partial charge < -0.3 is 10.6 Å². The van der Waals surface area contributed by atoms with Gasteiger partial charge in [-0.3, -0.25) is 0 Å². The first kappa shape index (κ1) is 13.9. The molecule has 0 unspecified atom stereocenters. The molecule has 0 aliphatic heterocycles. The van der Waals surface area contributed by atoms with Crippen LogP contribution in [0.15, 0.2) is 12.3 Å². The lowest BCUT2D eigenvalue weighted by atomic mass is 10.0. The van der Waals surface area contributed by atoms with Crippen LogP contribution in [-0.4, -0.2) is 18.6 Å². The third kappa shape index (κ3) is 4.30. The molecule has 1 rings (SSSR count). The molecule has 0 aliphatic carbocycles. The molecule has 96 valence electrons. The highest BCUT2D eigenvalue weighted by Crippen LogP contribution is 2.15. The van der Waals surface area contributed by atoms with E-state index in [0.717, 1.165) is 30.8 Å². The van der Waals surface area contributed by atoms with E-state index in [1.54, 1.807) is 0 Å². The highest BCUT2D eigenvalue weighted by atomic mass is 19.1. The molecule has 0 saturated carbocycles. The van der Waals surface area contributed by atoms with E-state index in [2.05, 4.69) is 29.5 Å². The van der Waals surface area contributed by atoms with Gasteiger partial charge in [0.15, 0.2) is 0 Å². The van der Waals surface area contributed by atoms with Crippen LogP contribution in [0.4, 0.5) is 10.2 Å². The van der Waals surface area contributed by atoms with E-state index in [0.29, 0.717) is 12.5 Å². The van der Waals surface area contributed by atoms with Crippen LogP contribution in [0.1, 0.15) is 32.3 Å². The topological polar surface area (TPSA) is 37.0 Å². The summed E-state index contributed by atoms with van der Waals surface area (Å²) in [7, 11) is 1.84. The average Bonchev–Trinajstić information content (AvgIpc) is 2.33. The molecule has 0 fully saturated rings. The summed E-state index contributed by atoms with van der Waals surface area (Å²) in [6.07, 6.45) is 3.55. The predicted octanol–water partition coefficient (Wildman–Crippen LogP) is 2.79. The zero-order chi connectivity index (χ0) is 12.7. The van der Waals surface area contributed by atoms with Gasteiger partial charge in [-0.1, -0.05) is 26.7 Å². The van der Waals surface area contributed by atoms with Gasteiger partial charge in [0.05, 0.1) is 6.20 Å². The van der Waals surface area contributed by atoms with E-state index >= 15 is 0 Å². The highest BCUT2D eigenvalue weighted by molar-refractivity contribution is 5.43. The second-order valence-electron chi connectivity index (χ2n) is 4.26. The second kappa shape index (κ2) is 7.22. The molecule has 17 heavy (non-hydrogen) atoms. The number of nitrogens with one attached hydrogen (secondary N) is 2. The summed E-state index contributed by atoms with van der Waals surface area (Å²) >= 11 is 0. The van der Waals surface area contributed by atoms with Crippen molar-refractivity contribution < 1.29 is 4.39 Å². The first-order chi connectivity index (χ1) is 8.21. The largest absolute Gasteiger partial charge is 0.370 e. The van der Waals surface area contributed by atoms with Gasteiger partial charge in [0.25, 0.3) is 0 Å². The van der Waals surface area contributed by atoms with Crippen molar-refractivity contribution in [1.29, 1.82) is 0 Å². The maximum atomic E-state index is 13.1. The van der Waals surface area contributed by atoms with Crippen molar-refractivity contribution in [3.63, 3.8) is 0 Å². The van der Waals surface area contributed by atoms with E-state index in [1.807, 2.05) is 7.05 Å². The Morgan fingerprint density at radius 1 is 1.35 bits per heavy atom. The summed E-state index contributed by atoms with van der Waals surface area (Å²) in [5.41, 5.74) is 0.874. The molecule has 0 spiro atoms.